The van der Waals surface area contributed by atoms with Crippen molar-refractivity contribution in [3.05, 3.63) is 28.2 Å². The monoisotopic (exact) mass is 240 g/mol. The number of hydrogen-bond donors (Lipinski definition) is 1. The van der Waals surface area contributed by atoms with Crippen LogP contribution >= 0.6 is 15.9 Å². The number of benzene rings is 1. The summed E-state index contributed by atoms with van der Waals surface area (Å²) in [5.41, 5.74) is 1.50. The van der Waals surface area contributed by atoms with Crippen molar-refractivity contribution in [1.82, 2.24) is 0 Å². The third kappa shape index (κ3) is 1.33. The minimum atomic E-state index is -0.789. The predicted molar refractivity (Wildman–Crippen MR) is 55.9 cm³/mol. The van der Waals surface area contributed by atoms with Crippen molar-refractivity contribution in [1.29, 1.82) is 0 Å². The summed E-state index contributed by atoms with van der Waals surface area (Å²) < 4.78 is 6.42. The first kappa shape index (κ1) is 9.25. The van der Waals surface area contributed by atoms with Crippen LogP contribution in [0.5, 0.6) is 0 Å². The van der Waals surface area contributed by atoms with Crippen LogP contribution < -0.4 is 5.46 Å². The number of fused-ring (bicyclic) bond motifs is 1. The molecule has 2 rings (SSSR count). The molecule has 0 amide bonds. The lowest BCUT2D eigenvalue weighted by Crippen LogP contribution is -2.28. The Morgan fingerprint density at radius 2 is 2.15 bits per heavy atom. The van der Waals surface area contributed by atoms with E-state index in [0.717, 1.165) is 15.5 Å². The molecule has 1 aromatic carbocycles. The summed E-state index contributed by atoms with van der Waals surface area (Å²) in [4.78, 5) is 0. The van der Waals surface area contributed by atoms with Crippen LogP contribution in [0.1, 0.15) is 19.4 Å². The van der Waals surface area contributed by atoms with Gasteiger partial charge in [-0.2, -0.15) is 0 Å². The van der Waals surface area contributed by atoms with Crippen LogP contribution in [0.3, 0.4) is 0 Å². The second kappa shape index (κ2) is 2.84. The molecule has 0 unspecified atom stereocenters. The number of halogens is 1. The Morgan fingerprint density at radius 1 is 1.46 bits per heavy atom. The van der Waals surface area contributed by atoms with Crippen LogP contribution in [0.15, 0.2) is 22.7 Å². The fraction of sp³-hybridized carbons (Fsp3) is 0.333. The van der Waals surface area contributed by atoms with Crippen molar-refractivity contribution in [3.8, 4) is 0 Å². The molecule has 1 aromatic rings. The van der Waals surface area contributed by atoms with Gasteiger partial charge in [0.05, 0.1) is 5.60 Å². The highest BCUT2D eigenvalue weighted by atomic mass is 79.9. The Labute approximate surface area is 86.2 Å². The molecule has 0 saturated heterocycles. The molecule has 0 spiro atoms. The maximum absolute atomic E-state index is 9.60. The normalized spacial score (nSPS) is 18.9. The molecule has 0 aromatic heterocycles. The SMILES string of the molecule is CC1(C)OB(O)c2cccc(Br)c21. The first-order chi connectivity index (χ1) is 6.02. The predicted octanol–water partition coefficient (Wildman–Crippen LogP) is 1.40. The summed E-state index contributed by atoms with van der Waals surface area (Å²) in [6.45, 7) is 3.90. The van der Waals surface area contributed by atoms with Crippen molar-refractivity contribution < 1.29 is 9.68 Å². The van der Waals surface area contributed by atoms with Crippen molar-refractivity contribution >= 4 is 28.5 Å². The molecule has 0 atom stereocenters. The second-order valence-electron chi connectivity index (χ2n) is 3.68. The van der Waals surface area contributed by atoms with E-state index in [1.165, 1.54) is 0 Å². The topological polar surface area (TPSA) is 29.5 Å². The van der Waals surface area contributed by atoms with Crippen LogP contribution in [0.2, 0.25) is 0 Å². The van der Waals surface area contributed by atoms with Gasteiger partial charge >= 0.3 is 7.12 Å². The van der Waals surface area contributed by atoms with Gasteiger partial charge in [0.15, 0.2) is 0 Å². The maximum atomic E-state index is 9.60. The summed E-state index contributed by atoms with van der Waals surface area (Å²) in [5, 5.41) is 9.60. The first-order valence-electron chi connectivity index (χ1n) is 4.17. The van der Waals surface area contributed by atoms with E-state index in [1.807, 2.05) is 32.0 Å². The fourth-order valence-electron chi connectivity index (χ4n) is 1.78. The van der Waals surface area contributed by atoms with E-state index in [4.69, 9.17) is 4.65 Å². The summed E-state index contributed by atoms with van der Waals surface area (Å²) in [7, 11) is -0.789. The lowest BCUT2D eigenvalue weighted by molar-refractivity contribution is 0.100. The van der Waals surface area contributed by atoms with Crippen LogP contribution in [0.25, 0.3) is 0 Å². The summed E-state index contributed by atoms with van der Waals surface area (Å²) in [5.74, 6) is 0. The molecule has 2 nitrogen and oxygen atoms in total. The van der Waals surface area contributed by atoms with Gasteiger partial charge < -0.3 is 9.68 Å². The van der Waals surface area contributed by atoms with Crippen molar-refractivity contribution in [2.24, 2.45) is 0 Å². The van der Waals surface area contributed by atoms with E-state index in [1.54, 1.807) is 0 Å². The molecular formula is C9H10BBrO2. The zero-order valence-corrected chi connectivity index (χ0v) is 9.13. The lowest BCUT2D eigenvalue weighted by Gasteiger charge is -2.20. The molecule has 0 aliphatic carbocycles. The van der Waals surface area contributed by atoms with Gasteiger partial charge in [-0.05, 0) is 30.9 Å². The van der Waals surface area contributed by atoms with E-state index in [9.17, 15) is 5.02 Å². The van der Waals surface area contributed by atoms with E-state index in [-0.39, 0.29) is 0 Å². The third-order valence-electron chi connectivity index (χ3n) is 2.32. The smallest absolute Gasteiger partial charge is 0.423 e. The summed E-state index contributed by atoms with van der Waals surface area (Å²) in [6, 6.07) is 5.75. The van der Waals surface area contributed by atoms with Gasteiger partial charge in [-0.25, -0.2) is 0 Å². The van der Waals surface area contributed by atoms with Crippen LogP contribution in [0.4, 0.5) is 0 Å². The van der Waals surface area contributed by atoms with Crippen molar-refractivity contribution in [2.45, 2.75) is 19.4 Å². The van der Waals surface area contributed by atoms with Crippen LogP contribution in [-0.4, -0.2) is 12.1 Å². The van der Waals surface area contributed by atoms with Gasteiger partial charge in [0.1, 0.15) is 0 Å². The van der Waals surface area contributed by atoms with Gasteiger partial charge in [-0.15, -0.1) is 0 Å². The fourth-order valence-corrected chi connectivity index (χ4v) is 2.64. The molecule has 4 heteroatoms. The first-order valence-corrected chi connectivity index (χ1v) is 4.96. The van der Waals surface area contributed by atoms with Gasteiger partial charge in [0.25, 0.3) is 0 Å². The Morgan fingerprint density at radius 3 is 2.77 bits per heavy atom. The Bertz CT molecular complexity index is 351. The number of hydrogen-bond acceptors (Lipinski definition) is 2. The Balaban J connectivity index is 2.66. The number of rotatable bonds is 0. The minimum Gasteiger partial charge on any atom is -0.423 e. The highest BCUT2D eigenvalue weighted by Crippen LogP contribution is 2.34. The summed E-state index contributed by atoms with van der Waals surface area (Å²) in [6.07, 6.45) is 0. The van der Waals surface area contributed by atoms with Gasteiger partial charge in [-0.1, -0.05) is 28.1 Å². The van der Waals surface area contributed by atoms with Crippen molar-refractivity contribution in [2.75, 3.05) is 0 Å². The van der Waals surface area contributed by atoms with E-state index in [2.05, 4.69) is 15.9 Å². The average molecular weight is 241 g/mol. The zero-order chi connectivity index (χ0) is 9.64. The molecule has 68 valence electrons. The highest BCUT2D eigenvalue weighted by Gasteiger charge is 2.41. The molecular weight excluding hydrogens is 231 g/mol. The summed E-state index contributed by atoms with van der Waals surface area (Å²) >= 11 is 3.46. The van der Waals surface area contributed by atoms with E-state index in [0.29, 0.717) is 0 Å². The minimum absolute atomic E-state index is 0.408. The van der Waals surface area contributed by atoms with Gasteiger partial charge in [0, 0.05) is 4.47 Å². The molecule has 13 heavy (non-hydrogen) atoms. The molecule has 0 fully saturated rings. The standard InChI is InChI=1S/C9H10BBrO2/c1-9(2)8-6(10(12)13-9)4-3-5-7(8)11/h3-5,12H,1-2H3. The molecule has 1 aliphatic rings. The molecule has 1 heterocycles. The van der Waals surface area contributed by atoms with Crippen LogP contribution in [-0.2, 0) is 10.3 Å². The van der Waals surface area contributed by atoms with Crippen molar-refractivity contribution in [3.63, 3.8) is 0 Å². The Hall–Kier alpha value is -0.315. The highest BCUT2D eigenvalue weighted by molar-refractivity contribution is 9.10. The molecule has 1 aliphatic heterocycles. The molecule has 0 radical (unpaired) electrons. The Kier molecular flexibility index (Phi) is 2.02. The largest absolute Gasteiger partial charge is 0.492 e. The quantitative estimate of drug-likeness (QED) is 0.695. The van der Waals surface area contributed by atoms with Crippen LogP contribution in [0, 0.1) is 0 Å². The van der Waals surface area contributed by atoms with E-state index >= 15 is 0 Å². The third-order valence-corrected chi connectivity index (χ3v) is 2.98. The lowest BCUT2D eigenvalue weighted by atomic mass is 9.78. The zero-order valence-electron chi connectivity index (χ0n) is 7.54. The van der Waals surface area contributed by atoms with E-state index < -0.39 is 12.7 Å². The molecule has 0 bridgehead atoms. The second-order valence-corrected chi connectivity index (χ2v) is 4.54. The maximum Gasteiger partial charge on any atom is 0.492 e. The molecule has 1 N–H and O–H groups in total. The average Bonchev–Trinajstić information content (AvgIpc) is 2.24. The molecule has 0 saturated carbocycles. The van der Waals surface area contributed by atoms with Gasteiger partial charge in [0.2, 0.25) is 0 Å². The van der Waals surface area contributed by atoms with Gasteiger partial charge in [-0.3, -0.25) is 0 Å².